The van der Waals surface area contributed by atoms with Crippen LogP contribution in [0.25, 0.3) is 0 Å². The molecule has 0 aliphatic carbocycles. The lowest BCUT2D eigenvalue weighted by Gasteiger charge is -2.26. The van der Waals surface area contributed by atoms with E-state index in [-0.39, 0.29) is 5.60 Å². The summed E-state index contributed by atoms with van der Waals surface area (Å²) in [4.78, 5) is 2.16. The molecule has 1 rings (SSSR count). The zero-order valence-corrected chi connectivity index (χ0v) is 9.51. The predicted molar refractivity (Wildman–Crippen MR) is 56.6 cm³/mol. The van der Waals surface area contributed by atoms with E-state index in [0.717, 1.165) is 39.3 Å². The second-order valence-electron chi connectivity index (χ2n) is 4.17. The van der Waals surface area contributed by atoms with Crippen molar-refractivity contribution in [1.82, 2.24) is 10.2 Å². The van der Waals surface area contributed by atoms with Crippen LogP contribution in [0.5, 0.6) is 0 Å². The van der Waals surface area contributed by atoms with Gasteiger partial charge in [-0.2, -0.15) is 0 Å². The molecule has 0 aromatic heterocycles. The highest BCUT2D eigenvalue weighted by Gasteiger charge is 2.34. The van der Waals surface area contributed by atoms with Gasteiger partial charge in [0.2, 0.25) is 0 Å². The van der Waals surface area contributed by atoms with E-state index >= 15 is 0 Å². The number of rotatable bonds is 6. The van der Waals surface area contributed by atoms with Crippen LogP contribution in [-0.4, -0.2) is 64.6 Å². The Bertz CT molecular complexity index is 156. The molecule has 4 heteroatoms. The summed E-state index contributed by atoms with van der Waals surface area (Å²) < 4.78 is 10.9. The van der Waals surface area contributed by atoms with Crippen molar-refractivity contribution < 1.29 is 9.47 Å². The number of methoxy groups -OCH3 is 1. The predicted octanol–water partition coefficient (Wildman–Crippen LogP) is -0.0569. The number of hydrogen-bond donors (Lipinski definition) is 1. The lowest BCUT2D eigenvalue weighted by atomic mass is 10.0. The van der Waals surface area contributed by atoms with Crippen molar-refractivity contribution in [1.29, 1.82) is 0 Å². The highest BCUT2D eigenvalue weighted by molar-refractivity contribution is 4.86. The third-order valence-electron chi connectivity index (χ3n) is 2.68. The molecule has 14 heavy (non-hydrogen) atoms. The van der Waals surface area contributed by atoms with Gasteiger partial charge < -0.3 is 19.7 Å². The molecule has 1 aliphatic heterocycles. The van der Waals surface area contributed by atoms with Crippen LogP contribution in [0.4, 0.5) is 0 Å². The summed E-state index contributed by atoms with van der Waals surface area (Å²) in [7, 11) is 5.92. The van der Waals surface area contributed by atoms with E-state index in [4.69, 9.17) is 9.47 Å². The van der Waals surface area contributed by atoms with Gasteiger partial charge in [0, 0.05) is 39.8 Å². The molecule has 1 N–H and O–H groups in total. The Labute approximate surface area is 86.6 Å². The Hall–Kier alpha value is -0.160. The van der Waals surface area contributed by atoms with Gasteiger partial charge in [0.1, 0.15) is 5.60 Å². The fraction of sp³-hybridized carbons (Fsp3) is 1.00. The maximum Gasteiger partial charge on any atom is 0.106 e. The topological polar surface area (TPSA) is 33.7 Å². The zero-order valence-electron chi connectivity index (χ0n) is 9.51. The molecule has 1 heterocycles. The van der Waals surface area contributed by atoms with Gasteiger partial charge in [-0.1, -0.05) is 0 Å². The molecule has 0 radical (unpaired) electrons. The standard InChI is InChI=1S/C10H22N2O2/c1-12(2)6-5-11-8-10(13-3)4-7-14-9-10/h11H,4-9H2,1-3H3. The minimum absolute atomic E-state index is 0.0771. The Morgan fingerprint density at radius 2 is 2.29 bits per heavy atom. The first-order valence-electron chi connectivity index (χ1n) is 5.17. The summed E-state index contributed by atoms with van der Waals surface area (Å²) in [5.74, 6) is 0. The van der Waals surface area contributed by atoms with Crippen LogP contribution in [0.3, 0.4) is 0 Å². The molecular formula is C10H22N2O2. The summed E-state index contributed by atoms with van der Waals surface area (Å²) in [6.45, 7) is 4.48. The number of likely N-dealkylation sites (N-methyl/N-ethyl adjacent to an activating group) is 1. The van der Waals surface area contributed by atoms with Crippen LogP contribution in [0, 0.1) is 0 Å². The normalized spacial score (nSPS) is 27.4. The highest BCUT2D eigenvalue weighted by atomic mass is 16.5. The van der Waals surface area contributed by atoms with Gasteiger partial charge in [0.25, 0.3) is 0 Å². The molecule has 0 aromatic rings. The summed E-state index contributed by atoms with van der Waals surface area (Å²) >= 11 is 0. The molecule has 1 unspecified atom stereocenters. The second kappa shape index (κ2) is 5.66. The van der Waals surface area contributed by atoms with E-state index in [1.165, 1.54) is 0 Å². The summed E-state index contributed by atoms with van der Waals surface area (Å²) in [6.07, 6.45) is 0.998. The number of hydrogen-bond acceptors (Lipinski definition) is 4. The fourth-order valence-electron chi connectivity index (χ4n) is 1.58. The number of nitrogens with zero attached hydrogens (tertiary/aromatic N) is 1. The van der Waals surface area contributed by atoms with Crippen LogP contribution in [0.15, 0.2) is 0 Å². The SMILES string of the molecule is COC1(CNCCN(C)C)CCOC1. The molecular weight excluding hydrogens is 180 g/mol. The van der Waals surface area contributed by atoms with Gasteiger partial charge in [-0.25, -0.2) is 0 Å². The summed E-state index contributed by atoms with van der Waals surface area (Å²) in [5, 5.41) is 3.40. The minimum atomic E-state index is -0.0771. The average Bonchev–Trinajstić information content (AvgIpc) is 2.62. The average molecular weight is 202 g/mol. The van der Waals surface area contributed by atoms with Gasteiger partial charge in [-0.15, -0.1) is 0 Å². The highest BCUT2D eigenvalue weighted by Crippen LogP contribution is 2.21. The van der Waals surface area contributed by atoms with Gasteiger partial charge in [0.05, 0.1) is 6.61 Å². The van der Waals surface area contributed by atoms with Crippen molar-refractivity contribution in [2.45, 2.75) is 12.0 Å². The number of ether oxygens (including phenoxy) is 2. The monoisotopic (exact) mass is 202 g/mol. The van der Waals surface area contributed by atoms with Crippen molar-refractivity contribution in [2.24, 2.45) is 0 Å². The van der Waals surface area contributed by atoms with Crippen molar-refractivity contribution >= 4 is 0 Å². The second-order valence-corrected chi connectivity index (χ2v) is 4.17. The molecule has 1 saturated heterocycles. The molecule has 1 aliphatic rings. The lowest BCUT2D eigenvalue weighted by Crippen LogP contribution is -2.44. The molecule has 84 valence electrons. The lowest BCUT2D eigenvalue weighted by molar-refractivity contribution is -0.0157. The van der Waals surface area contributed by atoms with Crippen LogP contribution in [0.1, 0.15) is 6.42 Å². The van der Waals surface area contributed by atoms with Crippen LogP contribution < -0.4 is 5.32 Å². The molecule has 0 aromatic carbocycles. The Balaban J connectivity index is 2.15. The number of nitrogens with one attached hydrogen (secondary N) is 1. The fourth-order valence-corrected chi connectivity index (χ4v) is 1.58. The van der Waals surface area contributed by atoms with E-state index in [2.05, 4.69) is 24.3 Å². The molecule has 0 bridgehead atoms. The molecule has 0 spiro atoms. The zero-order chi connectivity index (χ0) is 10.4. The Morgan fingerprint density at radius 1 is 1.50 bits per heavy atom. The third-order valence-corrected chi connectivity index (χ3v) is 2.68. The summed E-state index contributed by atoms with van der Waals surface area (Å²) in [6, 6.07) is 0. The molecule has 0 saturated carbocycles. The first-order valence-corrected chi connectivity index (χ1v) is 5.17. The first kappa shape index (κ1) is 11.9. The molecule has 0 amide bonds. The summed E-state index contributed by atoms with van der Waals surface area (Å²) in [5.41, 5.74) is -0.0771. The smallest absolute Gasteiger partial charge is 0.106 e. The van der Waals surface area contributed by atoms with Gasteiger partial charge in [-0.05, 0) is 14.1 Å². The van der Waals surface area contributed by atoms with Crippen LogP contribution >= 0.6 is 0 Å². The van der Waals surface area contributed by atoms with Crippen molar-refractivity contribution in [3.63, 3.8) is 0 Å². The van der Waals surface area contributed by atoms with E-state index in [0.29, 0.717) is 0 Å². The third kappa shape index (κ3) is 3.53. The first-order chi connectivity index (χ1) is 6.68. The maximum absolute atomic E-state index is 5.50. The van der Waals surface area contributed by atoms with Gasteiger partial charge >= 0.3 is 0 Å². The Morgan fingerprint density at radius 3 is 2.79 bits per heavy atom. The molecule has 4 nitrogen and oxygen atoms in total. The van der Waals surface area contributed by atoms with Gasteiger partial charge in [-0.3, -0.25) is 0 Å². The van der Waals surface area contributed by atoms with E-state index in [1.54, 1.807) is 7.11 Å². The van der Waals surface area contributed by atoms with Crippen molar-refractivity contribution in [2.75, 3.05) is 54.1 Å². The van der Waals surface area contributed by atoms with E-state index in [1.807, 2.05) is 0 Å². The molecule has 1 fully saturated rings. The quantitative estimate of drug-likeness (QED) is 0.612. The largest absolute Gasteiger partial charge is 0.378 e. The minimum Gasteiger partial charge on any atom is -0.378 e. The van der Waals surface area contributed by atoms with Crippen LogP contribution in [0.2, 0.25) is 0 Å². The molecule has 1 atom stereocenters. The Kier molecular flexibility index (Phi) is 4.81. The van der Waals surface area contributed by atoms with Crippen LogP contribution in [-0.2, 0) is 9.47 Å². The van der Waals surface area contributed by atoms with E-state index < -0.39 is 0 Å². The van der Waals surface area contributed by atoms with E-state index in [9.17, 15) is 0 Å². The van der Waals surface area contributed by atoms with Gasteiger partial charge in [0.15, 0.2) is 0 Å². The van der Waals surface area contributed by atoms with Crippen molar-refractivity contribution in [3.05, 3.63) is 0 Å². The maximum atomic E-state index is 5.50. The van der Waals surface area contributed by atoms with Crippen molar-refractivity contribution in [3.8, 4) is 0 Å².